The van der Waals surface area contributed by atoms with Crippen LogP contribution < -0.4 is 25.8 Å². The molecule has 1 unspecified atom stereocenters. The molecule has 0 saturated heterocycles. The number of carbonyl (C=O) groups excluding carboxylic acids is 4. The van der Waals surface area contributed by atoms with E-state index in [1.807, 2.05) is 0 Å². The lowest BCUT2D eigenvalue weighted by Crippen LogP contribution is -2.50. The second kappa shape index (κ2) is 32.4. The molecule has 0 heterocycles. The van der Waals surface area contributed by atoms with Crippen LogP contribution >= 0.6 is 7.60 Å². The second-order valence-electron chi connectivity index (χ2n) is 13.2. The van der Waals surface area contributed by atoms with Gasteiger partial charge in [0, 0.05) is 50.0 Å². The van der Waals surface area contributed by atoms with Gasteiger partial charge in [0.05, 0.1) is 65.1 Å². The standard InChI is InChI=1S/C41H61N4O13P/c1-6-21-52-27-30-55-24-18-42-37(46)12-15-41(16-13-38(47)43-19-25-56-31-28-53-22-7-2,17-14-39(48)44-20-26-57-32-29-54-23-8-3)45-40(49)35-10-9-11-36(33-35)58-59(50,51)34(4)5/h1-3,9-11,33-34H,12-32H2,4-5H3,(H,42,46)(H,43,47)(H,44,48)(H,45,49)(H,50,51). The summed E-state index contributed by atoms with van der Waals surface area (Å²) in [7, 11) is -4.04. The minimum absolute atomic E-state index is 0.000372. The lowest BCUT2D eigenvalue weighted by Gasteiger charge is -2.35. The zero-order valence-electron chi connectivity index (χ0n) is 34.3. The molecule has 4 amide bonds. The molecule has 328 valence electrons. The number of benzene rings is 1. The van der Waals surface area contributed by atoms with E-state index < -0.39 is 24.7 Å². The number of amides is 4. The molecule has 1 rings (SSSR count). The van der Waals surface area contributed by atoms with Crippen molar-refractivity contribution in [2.24, 2.45) is 0 Å². The summed E-state index contributed by atoms with van der Waals surface area (Å²) in [5.41, 5.74) is -1.87. The van der Waals surface area contributed by atoms with E-state index >= 15 is 0 Å². The van der Waals surface area contributed by atoms with Gasteiger partial charge in [0.15, 0.2) is 0 Å². The van der Waals surface area contributed by atoms with Crippen LogP contribution in [-0.4, -0.2) is 139 Å². The monoisotopic (exact) mass is 848 g/mol. The summed E-state index contributed by atoms with van der Waals surface area (Å²) in [4.78, 5) is 63.5. The van der Waals surface area contributed by atoms with Crippen LogP contribution in [0.4, 0.5) is 0 Å². The van der Waals surface area contributed by atoms with Gasteiger partial charge in [0.25, 0.3) is 5.91 Å². The first kappa shape index (κ1) is 52.5. The van der Waals surface area contributed by atoms with Crippen LogP contribution in [0.1, 0.15) is 62.7 Å². The van der Waals surface area contributed by atoms with Gasteiger partial charge < -0.3 is 59.1 Å². The van der Waals surface area contributed by atoms with Gasteiger partial charge in [-0.3, -0.25) is 19.2 Å². The van der Waals surface area contributed by atoms with E-state index in [4.69, 9.17) is 52.2 Å². The van der Waals surface area contributed by atoms with Crippen molar-refractivity contribution in [3.63, 3.8) is 0 Å². The molecule has 0 aliphatic rings. The minimum Gasteiger partial charge on any atom is -0.424 e. The van der Waals surface area contributed by atoms with Crippen molar-refractivity contribution in [1.29, 1.82) is 0 Å². The molecule has 0 saturated carbocycles. The summed E-state index contributed by atoms with van der Waals surface area (Å²) < 4.78 is 49.8. The molecule has 1 atom stereocenters. The fraction of sp³-hybridized carbons (Fsp3) is 0.610. The summed E-state index contributed by atoms with van der Waals surface area (Å²) in [6, 6.07) is 5.76. The van der Waals surface area contributed by atoms with Gasteiger partial charge in [-0.15, -0.1) is 19.3 Å². The van der Waals surface area contributed by atoms with E-state index in [-0.39, 0.29) is 147 Å². The highest BCUT2D eigenvalue weighted by atomic mass is 31.2. The van der Waals surface area contributed by atoms with E-state index in [0.29, 0.717) is 19.8 Å². The highest BCUT2D eigenvalue weighted by Gasteiger charge is 2.34. The molecule has 0 bridgehead atoms. The quantitative estimate of drug-likeness (QED) is 0.0375. The number of ether oxygens (including phenoxy) is 6. The van der Waals surface area contributed by atoms with Gasteiger partial charge in [0.2, 0.25) is 17.7 Å². The number of nitrogens with one attached hydrogen (secondary N) is 4. The largest absolute Gasteiger partial charge is 0.424 e. The highest BCUT2D eigenvalue weighted by Crippen LogP contribution is 2.47. The molecule has 5 N–H and O–H groups in total. The van der Waals surface area contributed by atoms with Crippen molar-refractivity contribution in [2.75, 3.05) is 98.9 Å². The van der Waals surface area contributed by atoms with E-state index in [2.05, 4.69) is 39.0 Å². The Balaban J connectivity index is 3.18. The SMILES string of the molecule is C#CCOCCOCCNC(=O)CCC(CCC(=O)NCCOCCOCC#C)(CCC(=O)NCCOCCOCC#C)NC(=O)c1cccc(OP(=O)(O)C(C)C)c1. The molecule has 1 aromatic rings. The summed E-state index contributed by atoms with van der Waals surface area (Å²) in [5.74, 6) is 5.42. The molecule has 0 spiro atoms. The van der Waals surface area contributed by atoms with E-state index in [9.17, 15) is 28.6 Å². The van der Waals surface area contributed by atoms with Crippen LogP contribution in [0.3, 0.4) is 0 Å². The maximum Gasteiger partial charge on any atom is 0.379 e. The zero-order chi connectivity index (χ0) is 43.6. The summed E-state index contributed by atoms with van der Waals surface area (Å²) >= 11 is 0. The van der Waals surface area contributed by atoms with Gasteiger partial charge in [-0.05, 0) is 37.5 Å². The van der Waals surface area contributed by atoms with Crippen molar-refractivity contribution in [3.8, 4) is 42.8 Å². The predicted octanol–water partition coefficient (Wildman–Crippen LogP) is 1.82. The first-order valence-corrected chi connectivity index (χ1v) is 21.0. The van der Waals surface area contributed by atoms with E-state index in [1.54, 1.807) is 0 Å². The molecule has 0 aliphatic carbocycles. The molecule has 0 aliphatic heterocycles. The maximum absolute atomic E-state index is 13.9. The Morgan fingerprint density at radius 1 is 0.661 bits per heavy atom. The molecule has 0 radical (unpaired) electrons. The van der Waals surface area contributed by atoms with Crippen LogP contribution in [0.2, 0.25) is 0 Å². The van der Waals surface area contributed by atoms with E-state index in [0.717, 1.165) is 0 Å². The van der Waals surface area contributed by atoms with Crippen LogP contribution in [0.15, 0.2) is 24.3 Å². The molecule has 0 fully saturated rings. The van der Waals surface area contributed by atoms with Crippen LogP contribution in [-0.2, 0) is 47.4 Å². The number of carbonyl (C=O) groups is 4. The smallest absolute Gasteiger partial charge is 0.379 e. The third-order valence-corrected chi connectivity index (χ3v) is 10.0. The Labute approximate surface area is 348 Å². The lowest BCUT2D eigenvalue weighted by molar-refractivity contribution is -0.121. The van der Waals surface area contributed by atoms with Gasteiger partial charge in [-0.2, -0.15) is 0 Å². The van der Waals surface area contributed by atoms with Crippen LogP contribution in [0.25, 0.3) is 0 Å². The van der Waals surface area contributed by atoms with Crippen LogP contribution in [0, 0.1) is 37.0 Å². The normalized spacial score (nSPS) is 12.0. The Morgan fingerprint density at radius 3 is 1.42 bits per heavy atom. The number of hydrogen-bond acceptors (Lipinski definition) is 12. The summed E-state index contributed by atoms with van der Waals surface area (Å²) in [6.45, 7) is 6.60. The third kappa shape index (κ3) is 26.3. The fourth-order valence-electron chi connectivity index (χ4n) is 4.99. The maximum atomic E-state index is 13.9. The van der Waals surface area contributed by atoms with E-state index in [1.165, 1.54) is 38.1 Å². The molecule has 18 heteroatoms. The highest BCUT2D eigenvalue weighted by molar-refractivity contribution is 7.54. The summed E-state index contributed by atoms with van der Waals surface area (Å²) in [5, 5.41) is 11.3. The molecule has 0 aromatic heterocycles. The number of terminal acetylenes is 3. The molecule has 17 nitrogen and oxygen atoms in total. The molecule has 59 heavy (non-hydrogen) atoms. The van der Waals surface area contributed by atoms with Gasteiger partial charge in [-0.1, -0.05) is 37.7 Å². The summed E-state index contributed by atoms with van der Waals surface area (Å²) in [6.07, 6.45) is 15.4. The Hall–Kier alpha value is -4.47. The van der Waals surface area contributed by atoms with Crippen molar-refractivity contribution in [3.05, 3.63) is 29.8 Å². The predicted molar refractivity (Wildman–Crippen MR) is 220 cm³/mol. The number of hydrogen-bond donors (Lipinski definition) is 5. The topological polar surface area (TPSA) is 218 Å². The van der Waals surface area contributed by atoms with Crippen molar-refractivity contribution in [2.45, 2.75) is 63.6 Å². The lowest BCUT2D eigenvalue weighted by atomic mass is 9.82. The third-order valence-electron chi connectivity index (χ3n) is 8.23. The van der Waals surface area contributed by atoms with Gasteiger partial charge >= 0.3 is 7.60 Å². The molecule has 1 aromatic carbocycles. The van der Waals surface area contributed by atoms with Crippen molar-refractivity contribution in [1.82, 2.24) is 21.3 Å². The van der Waals surface area contributed by atoms with Gasteiger partial charge in [-0.25, -0.2) is 4.57 Å². The first-order chi connectivity index (χ1) is 28.4. The van der Waals surface area contributed by atoms with Crippen LogP contribution in [0.5, 0.6) is 5.75 Å². The Bertz CT molecular complexity index is 1460. The average molecular weight is 849 g/mol. The Morgan fingerprint density at radius 2 is 1.05 bits per heavy atom. The average Bonchev–Trinajstić information content (AvgIpc) is 3.21. The fourth-order valence-corrected chi connectivity index (χ4v) is 5.62. The zero-order valence-corrected chi connectivity index (χ0v) is 35.2. The van der Waals surface area contributed by atoms with Crippen molar-refractivity contribution >= 4 is 31.2 Å². The van der Waals surface area contributed by atoms with Crippen molar-refractivity contribution < 1.29 is 61.6 Å². The molecular formula is C41H61N4O13P. The molecular weight excluding hydrogens is 787 g/mol. The second-order valence-corrected chi connectivity index (χ2v) is 15.5. The first-order valence-electron chi connectivity index (χ1n) is 19.4. The number of rotatable bonds is 35. The minimum atomic E-state index is -4.04. The Kier molecular flexibility index (Phi) is 28.8. The van der Waals surface area contributed by atoms with Gasteiger partial charge in [0.1, 0.15) is 25.6 Å².